The van der Waals surface area contributed by atoms with Crippen LogP contribution in [0.2, 0.25) is 0 Å². The molecule has 2 heterocycles. The van der Waals surface area contributed by atoms with Crippen molar-refractivity contribution in [1.29, 1.82) is 0 Å². The normalized spacial score (nSPS) is 10.8. The summed E-state index contributed by atoms with van der Waals surface area (Å²) in [5.74, 6) is 0.300. The van der Waals surface area contributed by atoms with Gasteiger partial charge in [-0.15, -0.1) is 0 Å². The number of methoxy groups -OCH3 is 1. The molecule has 6 nitrogen and oxygen atoms in total. The number of fused-ring (bicyclic) bond motifs is 1. The van der Waals surface area contributed by atoms with Crippen molar-refractivity contribution in [2.75, 3.05) is 12.4 Å². The van der Waals surface area contributed by atoms with E-state index < -0.39 is 5.97 Å². The summed E-state index contributed by atoms with van der Waals surface area (Å²) in [5, 5.41) is 8.95. The van der Waals surface area contributed by atoms with Crippen molar-refractivity contribution in [3.8, 4) is 0 Å². The highest BCUT2D eigenvalue weighted by molar-refractivity contribution is 5.99. The third-order valence-corrected chi connectivity index (χ3v) is 3.89. The summed E-state index contributed by atoms with van der Waals surface area (Å²) in [4.78, 5) is 16.0. The molecule has 0 amide bonds. The molecule has 0 aliphatic rings. The molecule has 1 aromatic carbocycles. The third kappa shape index (κ3) is 2.82. The number of ether oxygens (including phenoxy) is 1. The SMILES string of the molecule is CCCn1nc(Nc2cnccc2C(=O)OC)c2cccc(C)c21. The van der Waals surface area contributed by atoms with E-state index in [2.05, 4.69) is 35.3 Å². The van der Waals surface area contributed by atoms with Gasteiger partial charge in [-0.1, -0.05) is 19.1 Å². The molecule has 0 unspecified atom stereocenters. The zero-order chi connectivity index (χ0) is 17.1. The first-order valence-electron chi connectivity index (χ1n) is 7.91. The number of rotatable bonds is 5. The summed E-state index contributed by atoms with van der Waals surface area (Å²) in [6.07, 6.45) is 4.16. The Hall–Kier alpha value is -2.89. The second-order valence-electron chi connectivity index (χ2n) is 5.58. The lowest BCUT2D eigenvalue weighted by atomic mass is 10.1. The summed E-state index contributed by atoms with van der Waals surface area (Å²) < 4.78 is 6.83. The second kappa shape index (κ2) is 6.70. The number of carbonyl (C=O) groups excluding carboxylic acids is 1. The number of aryl methyl sites for hydroxylation is 2. The van der Waals surface area contributed by atoms with E-state index in [0.717, 1.165) is 23.9 Å². The van der Waals surface area contributed by atoms with Gasteiger partial charge in [0.1, 0.15) is 0 Å². The van der Waals surface area contributed by atoms with E-state index in [4.69, 9.17) is 4.74 Å². The van der Waals surface area contributed by atoms with E-state index >= 15 is 0 Å². The fourth-order valence-corrected chi connectivity index (χ4v) is 2.79. The van der Waals surface area contributed by atoms with Crippen LogP contribution in [0.1, 0.15) is 29.3 Å². The molecule has 0 fully saturated rings. The van der Waals surface area contributed by atoms with Crippen LogP contribution in [-0.2, 0) is 11.3 Å². The van der Waals surface area contributed by atoms with Crippen LogP contribution in [0.4, 0.5) is 11.5 Å². The number of hydrogen-bond donors (Lipinski definition) is 1. The van der Waals surface area contributed by atoms with Crippen molar-refractivity contribution >= 4 is 28.4 Å². The number of hydrogen-bond acceptors (Lipinski definition) is 5. The molecule has 3 aromatic rings. The molecule has 0 radical (unpaired) electrons. The molecule has 0 bridgehead atoms. The monoisotopic (exact) mass is 324 g/mol. The predicted molar refractivity (Wildman–Crippen MR) is 93.6 cm³/mol. The van der Waals surface area contributed by atoms with Crippen LogP contribution in [0, 0.1) is 6.92 Å². The number of pyridine rings is 1. The molecular weight excluding hydrogens is 304 g/mol. The van der Waals surface area contributed by atoms with Crippen LogP contribution in [0.15, 0.2) is 36.7 Å². The molecule has 124 valence electrons. The van der Waals surface area contributed by atoms with Crippen molar-refractivity contribution < 1.29 is 9.53 Å². The minimum absolute atomic E-state index is 0.409. The molecule has 24 heavy (non-hydrogen) atoms. The second-order valence-corrected chi connectivity index (χ2v) is 5.58. The summed E-state index contributed by atoms with van der Waals surface area (Å²) in [6, 6.07) is 7.73. The van der Waals surface area contributed by atoms with Crippen LogP contribution in [0.25, 0.3) is 10.9 Å². The molecule has 0 aliphatic heterocycles. The Morgan fingerprint density at radius 3 is 2.92 bits per heavy atom. The van der Waals surface area contributed by atoms with Crippen LogP contribution in [0.3, 0.4) is 0 Å². The Labute approximate surface area is 140 Å². The topological polar surface area (TPSA) is 69.0 Å². The molecule has 0 aliphatic carbocycles. The van der Waals surface area contributed by atoms with Crippen LogP contribution in [-0.4, -0.2) is 27.8 Å². The molecule has 2 aromatic heterocycles. The number of anilines is 2. The first-order valence-corrected chi connectivity index (χ1v) is 7.91. The highest BCUT2D eigenvalue weighted by atomic mass is 16.5. The standard InChI is InChI=1S/C18H20N4O2/c1-4-10-22-16-12(2)6-5-7-14(16)17(21-22)20-15-11-19-9-8-13(15)18(23)24-3/h5-9,11H,4,10H2,1-3H3,(H,20,21). The fraction of sp³-hybridized carbons (Fsp3) is 0.278. The van der Waals surface area contributed by atoms with Gasteiger partial charge in [-0.3, -0.25) is 9.67 Å². The van der Waals surface area contributed by atoms with Gasteiger partial charge in [0.2, 0.25) is 0 Å². The fourth-order valence-electron chi connectivity index (χ4n) is 2.79. The van der Waals surface area contributed by atoms with E-state index in [1.54, 1.807) is 18.5 Å². The Morgan fingerprint density at radius 2 is 2.17 bits per heavy atom. The van der Waals surface area contributed by atoms with Gasteiger partial charge >= 0.3 is 5.97 Å². The maximum absolute atomic E-state index is 11.9. The van der Waals surface area contributed by atoms with Gasteiger partial charge < -0.3 is 10.1 Å². The zero-order valence-electron chi connectivity index (χ0n) is 14.0. The number of nitrogens with zero attached hydrogens (tertiary/aromatic N) is 3. The largest absolute Gasteiger partial charge is 0.465 e. The van der Waals surface area contributed by atoms with E-state index in [1.165, 1.54) is 12.7 Å². The lowest BCUT2D eigenvalue weighted by Gasteiger charge is -2.08. The first kappa shape index (κ1) is 16.0. The van der Waals surface area contributed by atoms with E-state index in [0.29, 0.717) is 17.1 Å². The number of nitrogens with one attached hydrogen (secondary N) is 1. The highest BCUT2D eigenvalue weighted by Gasteiger charge is 2.16. The summed E-state index contributed by atoms with van der Waals surface area (Å²) in [6.45, 7) is 5.03. The number of benzene rings is 1. The van der Waals surface area contributed by atoms with Gasteiger partial charge in [-0.2, -0.15) is 5.10 Å². The maximum Gasteiger partial charge on any atom is 0.340 e. The maximum atomic E-state index is 11.9. The quantitative estimate of drug-likeness (QED) is 0.725. The van der Waals surface area contributed by atoms with Gasteiger partial charge in [-0.05, 0) is 31.0 Å². The Balaban J connectivity index is 2.09. The predicted octanol–water partition coefficient (Wildman–Crippen LogP) is 3.68. The average Bonchev–Trinajstić information content (AvgIpc) is 2.94. The minimum Gasteiger partial charge on any atom is -0.465 e. The summed E-state index contributed by atoms with van der Waals surface area (Å²) in [7, 11) is 1.36. The van der Waals surface area contributed by atoms with Crippen molar-refractivity contribution in [3.05, 3.63) is 47.8 Å². The van der Waals surface area contributed by atoms with Gasteiger partial charge in [-0.25, -0.2) is 4.79 Å². The van der Waals surface area contributed by atoms with Crippen molar-refractivity contribution in [1.82, 2.24) is 14.8 Å². The van der Waals surface area contributed by atoms with Crippen LogP contribution in [0.5, 0.6) is 0 Å². The molecule has 0 spiro atoms. The molecule has 0 saturated carbocycles. The smallest absolute Gasteiger partial charge is 0.340 e. The Morgan fingerprint density at radius 1 is 1.33 bits per heavy atom. The average molecular weight is 324 g/mol. The molecule has 0 atom stereocenters. The van der Waals surface area contributed by atoms with Gasteiger partial charge in [0.25, 0.3) is 0 Å². The Bertz CT molecular complexity index is 886. The van der Waals surface area contributed by atoms with Gasteiger partial charge in [0.15, 0.2) is 5.82 Å². The highest BCUT2D eigenvalue weighted by Crippen LogP contribution is 2.29. The minimum atomic E-state index is -0.409. The van der Waals surface area contributed by atoms with E-state index in [-0.39, 0.29) is 0 Å². The van der Waals surface area contributed by atoms with Crippen molar-refractivity contribution in [3.63, 3.8) is 0 Å². The van der Waals surface area contributed by atoms with Crippen LogP contribution < -0.4 is 5.32 Å². The first-order chi connectivity index (χ1) is 11.7. The number of para-hydroxylation sites is 1. The summed E-state index contributed by atoms with van der Waals surface area (Å²) >= 11 is 0. The van der Waals surface area contributed by atoms with E-state index in [1.807, 2.05) is 16.8 Å². The zero-order valence-corrected chi connectivity index (χ0v) is 14.0. The number of esters is 1. The van der Waals surface area contributed by atoms with E-state index in [9.17, 15) is 4.79 Å². The number of carbonyl (C=O) groups is 1. The van der Waals surface area contributed by atoms with Crippen molar-refractivity contribution in [2.24, 2.45) is 0 Å². The lowest BCUT2D eigenvalue weighted by Crippen LogP contribution is -2.06. The van der Waals surface area contributed by atoms with Crippen LogP contribution >= 0.6 is 0 Å². The Kier molecular flexibility index (Phi) is 4.46. The number of aromatic nitrogens is 3. The summed E-state index contributed by atoms with van der Waals surface area (Å²) in [5.41, 5.74) is 3.28. The van der Waals surface area contributed by atoms with Gasteiger partial charge in [0, 0.05) is 18.1 Å². The third-order valence-electron chi connectivity index (χ3n) is 3.89. The molecule has 6 heteroatoms. The molecule has 0 saturated heterocycles. The molecular formula is C18H20N4O2. The van der Waals surface area contributed by atoms with Crippen molar-refractivity contribution in [2.45, 2.75) is 26.8 Å². The molecule has 3 rings (SSSR count). The lowest BCUT2D eigenvalue weighted by molar-refractivity contribution is 0.0602. The molecule has 1 N–H and O–H groups in total. The van der Waals surface area contributed by atoms with Gasteiger partial charge in [0.05, 0.1) is 30.1 Å².